The molecule has 7 heteroatoms. The Bertz CT molecular complexity index is 704. The first-order valence-electron chi connectivity index (χ1n) is 7.04. The summed E-state index contributed by atoms with van der Waals surface area (Å²) in [6, 6.07) is 12.1. The van der Waals surface area contributed by atoms with Crippen LogP contribution in [0.3, 0.4) is 0 Å². The lowest BCUT2D eigenvalue weighted by atomic mass is 10.2. The standard InChI is InChI=1S/C16H16FN3O3/c1-19(10-12-6-8-13(17)9-7-12)11-16(21)18-14-4-2-3-5-15(14)20(22)23/h2-9H,10-11H2,1H3,(H,18,21)/p+1. The number of hydrogen-bond acceptors (Lipinski definition) is 3. The van der Waals surface area contributed by atoms with Gasteiger partial charge >= 0.3 is 0 Å². The van der Waals surface area contributed by atoms with E-state index in [4.69, 9.17) is 0 Å². The molecule has 2 aromatic carbocycles. The third kappa shape index (κ3) is 4.86. The summed E-state index contributed by atoms with van der Waals surface area (Å²) in [5, 5.41) is 13.5. The Morgan fingerprint density at radius 1 is 1.22 bits per heavy atom. The molecule has 0 saturated heterocycles. The second-order valence-corrected chi connectivity index (χ2v) is 5.26. The van der Waals surface area contributed by atoms with Gasteiger partial charge in [-0.15, -0.1) is 0 Å². The van der Waals surface area contributed by atoms with Gasteiger partial charge < -0.3 is 10.2 Å². The van der Waals surface area contributed by atoms with E-state index in [2.05, 4.69) is 5.32 Å². The Hall–Kier alpha value is -2.80. The van der Waals surface area contributed by atoms with Crippen LogP contribution in [0.1, 0.15) is 5.56 Å². The first kappa shape index (κ1) is 16.6. The van der Waals surface area contributed by atoms with Crippen molar-refractivity contribution in [2.24, 2.45) is 0 Å². The Morgan fingerprint density at radius 3 is 2.52 bits per heavy atom. The number of halogens is 1. The van der Waals surface area contributed by atoms with Crippen LogP contribution in [0.4, 0.5) is 15.8 Å². The van der Waals surface area contributed by atoms with Crippen LogP contribution in [0.5, 0.6) is 0 Å². The maximum atomic E-state index is 12.9. The van der Waals surface area contributed by atoms with Gasteiger partial charge in [-0.1, -0.05) is 24.3 Å². The molecule has 1 amide bonds. The number of nitrogens with one attached hydrogen (secondary N) is 2. The van der Waals surface area contributed by atoms with E-state index in [1.54, 1.807) is 24.3 Å². The molecule has 0 aliphatic rings. The molecule has 0 aliphatic heterocycles. The van der Waals surface area contributed by atoms with Gasteiger partial charge in [0.1, 0.15) is 18.0 Å². The van der Waals surface area contributed by atoms with Crippen molar-refractivity contribution in [2.45, 2.75) is 6.54 Å². The first-order valence-corrected chi connectivity index (χ1v) is 7.04. The molecule has 1 atom stereocenters. The number of nitro benzene ring substituents is 1. The minimum absolute atomic E-state index is 0.142. The number of carbonyl (C=O) groups is 1. The highest BCUT2D eigenvalue weighted by Crippen LogP contribution is 2.22. The first-order chi connectivity index (χ1) is 11.0. The number of rotatable bonds is 6. The number of amides is 1. The van der Waals surface area contributed by atoms with Crippen molar-refractivity contribution in [1.29, 1.82) is 0 Å². The lowest BCUT2D eigenvalue weighted by Crippen LogP contribution is -3.08. The average Bonchev–Trinajstić information content (AvgIpc) is 2.49. The molecule has 2 aromatic rings. The number of benzene rings is 2. The smallest absolute Gasteiger partial charge is 0.292 e. The molecule has 23 heavy (non-hydrogen) atoms. The van der Waals surface area contributed by atoms with Gasteiger partial charge in [-0.05, 0) is 18.2 Å². The van der Waals surface area contributed by atoms with Gasteiger partial charge in [-0.25, -0.2) is 4.39 Å². The fourth-order valence-corrected chi connectivity index (χ4v) is 2.22. The second kappa shape index (κ2) is 7.46. The second-order valence-electron chi connectivity index (χ2n) is 5.26. The van der Waals surface area contributed by atoms with Crippen LogP contribution < -0.4 is 10.2 Å². The predicted molar refractivity (Wildman–Crippen MR) is 83.6 cm³/mol. The topological polar surface area (TPSA) is 76.7 Å². The van der Waals surface area contributed by atoms with E-state index in [1.807, 2.05) is 7.05 Å². The monoisotopic (exact) mass is 318 g/mol. The van der Waals surface area contributed by atoms with Gasteiger partial charge in [0.05, 0.1) is 12.0 Å². The summed E-state index contributed by atoms with van der Waals surface area (Å²) in [6.45, 7) is 0.688. The normalized spacial score (nSPS) is 11.7. The molecule has 0 radical (unpaired) electrons. The number of quaternary nitrogens is 1. The quantitative estimate of drug-likeness (QED) is 0.624. The van der Waals surface area contributed by atoms with Gasteiger partial charge in [0, 0.05) is 11.6 Å². The molecule has 0 bridgehead atoms. The van der Waals surface area contributed by atoms with Gasteiger partial charge in [0.25, 0.3) is 11.6 Å². The van der Waals surface area contributed by atoms with Crippen molar-refractivity contribution in [3.63, 3.8) is 0 Å². The molecule has 2 N–H and O–H groups in total. The summed E-state index contributed by atoms with van der Waals surface area (Å²) >= 11 is 0. The average molecular weight is 318 g/mol. The molecule has 0 spiro atoms. The Balaban J connectivity index is 1.94. The molecule has 2 rings (SSSR count). The summed E-state index contributed by atoms with van der Waals surface area (Å²) < 4.78 is 12.9. The number of nitrogens with zero attached hydrogens (tertiary/aromatic N) is 1. The predicted octanol–water partition coefficient (Wildman–Crippen LogP) is 1.39. The molecule has 6 nitrogen and oxygen atoms in total. The summed E-state index contributed by atoms with van der Waals surface area (Å²) in [6.07, 6.45) is 0. The number of likely N-dealkylation sites (N-methyl/N-ethyl adjacent to an activating group) is 1. The van der Waals surface area contributed by atoms with Crippen LogP contribution in [0.25, 0.3) is 0 Å². The fraction of sp³-hybridized carbons (Fsp3) is 0.188. The minimum Gasteiger partial charge on any atom is -0.326 e. The molecule has 0 saturated carbocycles. The summed E-state index contributed by atoms with van der Waals surface area (Å²) in [4.78, 5) is 23.3. The minimum atomic E-state index is -0.537. The molecule has 1 unspecified atom stereocenters. The zero-order valence-electron chi connectivity index (χ0n) is 12.6. The highest BCUT2D eigenvalue weighted by molar-refractivity contribution is 5.93. The molecule has 0 heterocycles. The number of anilines is 1. The van der Waals surface area contributed by atoms with E-state index >= 15 is 0 Å². The van der Waals surface area contributed by atoms with E-state index < -0.39 is 4.92 Å². The van der Waals surface area contributed by atoms with Gasteiger partial charge in [-0.3, -0.25) is 14.9 Å². The van der Waals surface area contributed by atoms with Gasteiger partial charge in [-0.2, -0.15) is 0 Å². The van der Waals surface area contributed by atoms with E-state index in [-0.39, 0.29) is 29.6 Å². The third-order valence-corrected chi connectivity index (χ3v) is 3.26. The van der Waals surface area contributed by atoms with Gasteiger partial charge in [0.15, 0.2) is 6.54 Å². The summed E-state index contributed by atoms with van der Waals surface area (Å²) in [7, 11) is 1.82. The fourth-order valence-electron chi connectivity index (χ4n) is 2.22. The molecule has 0 fully saturated rings. The van der Waals surface area contributed by atoms with Crippen molar-refractivity contribution >= 4 is 17.3 Å². The SMILES string of the molecule is C[NH+](CC(=O)Nc1ccccc1[N+](=O)[O-])Cc1ccc(F)cc1. The number of nitro groups is 1. The van der Waals surface area contributed by atoms with Crippen LogP contribution in [-0.2, 0) is 11.3 Å². The maximum Gasteiger partial charge on any atom is 0.292 e. The molecule has 120 valence electrons. The van der Waals surface area contributed by atoms with Crippen molar-refractivity contribution < 1.29 is 19.0 Å². The van der Waals surface area contributed by atoms with E-state index in [9.17, 15) is 19.3 Å². The highest BCUT2D eigenvalue weighted by atomic mass is 19.1. The molecule has 0 aromatic heterocycles. The van der Waals surface area contributed by atoms with Crippen molar-refractivity contribution in [3.8, 4) is 0 Å². The van der Waals surface area contributed by atoms with Crippen LogP contribution >= 0.6 is 0 Å². The Kier molecular flexibility index (Phi) is 5.37. The van der Waals surface area contributed by atoms with E-state index in [1.165, 1.54) is 24.3 Å². The van der Waals surface area contributed by atoms with Crippen molar-refractivity contribution in [3.05, 3.63) is 70.0 Å². The van der Waals surface area contributed by atoms with Crippen LogP contribution in [0.2, 0.25) is 0 Å². The third-order valence-electron chi connectivity index (χ3n) is 3.26. The lowest BCUT2D eigenvalue weighted by Gasteiger charge is -2.14. The van der Waals surface area contributed by atoms with Crippen molar-refractivity contribution in [2.75, 3.05) is 18.9 Å². The largest absolute Gasteiger partial charge is 0.326 e. The van der Waals surface area contributed by atoms with E-state index in [0.29, 0.717) is 6.54 Å². The van der Waals surface area contributed by atoms with Crippen LogP contribution in [0.15, 0.2) is 48.5 Å². The maximum absolute atomic E-state index is 12.9. The molecular weight excluding hydrogens is 301 g/mol. The zero-order valence-corrected chi connectivity index (χ0v) is 12.6. The van der Waals surface area contributed by atoms with Crippen molar-refractivity contribution in [1.82, 2.24) is 0 Å². The molecular formula is C16H17FN3O3+. The summed E-state index contributed by atoms with van der Waals surface area (Å²) in [5.41, 5.74) is 0.941. The number of hydrogen-bond donors (Lipinski definition) is 2. The molecule has 0 aliphatic carbocycles. The highest BCUT2D eigenvalue weighted by Gasteiger charge is 2.17. The summed E-state index contributed by atoms with van der Waals surface area (Å²) in [5.74, 6) is -0.626. The number of para-hydroxylation sites is 2. The Morgan fingerprint density at radius 2 is 1.87 bits per heavy atom. The van der Waals surface area contributed by atoms with E-state index in [0.717, 1.165) is 10.5 Å². The van der Waals surface area contributed by atoms with Gasteiger partial charge in [0.2, 0.25) is 0 Å². The lowest BCUT2D eigenvalue weighted by molar-refractivity contribution is -0.885. The Labute approximate surface area is 132 Å². The number of carbonyl (C=O) groups excluding carboxylic acids is 1. The van der Waals surface area contributed by atoms with Crippen LogP contribution in [-0.4, -0.2) is 24.4 Å². The van der Waals surface area contributed by atoms with Crippen LogP contribution in [0, 0.1) is 15.9 Å². The zero-order chi connectivity index (χ0) is 16.8.